The molecular formula is C7H16Cl2F2N2. The highest BCUT2D eigenvalue weighted by Gasteiger charge is 2.37. The first-order chi connectivity index (χ1) is 5.14. The molecule has 13 heavy (non-hydrogen) atoms. The largest absolute Gasteiger partial charge is 0.330 e. The third-order valence-corrected chi connectivity index (χ3v) is 1.93. The molecule has 0 aliphatic carbocycles. The van der Waals surface area contributed by atoms with Crippen LogP contribution in [0.4, 0.5) is 8.78 Å². The number of halogens is 4. The van der Waals surface area contributed by atoms with Crippen molar-refractivity contribution in [2.75, 3.05) is 26.2 Å². The highest BCUT2D eigenvalue weighted by atomic mass is 35.5. The maximum absolute atomic E-state index is 12.5. The van der Waals surface area contributed by atoms with E-state index in [9.17, 15) is 8.78 Å². The van der Waals surface area contributed by atoms with Crippen molar-refractivity contribution in [3.05, 3.63) is 0 Å². The van der Waals surface area contributed by atoms with Gasteiger partial charge in [-0.2, -0.15) is 0 Å². The lowest BCUT2D eigenvalue weighted by molar-refractivity contribution is 0.0122. The first-order valence-corrected chi connectivity index (χ1v) is 3.94. The minimum absolute atomic E-state index is 0. The molecule has 0 unspecified atom stereocenters. The Balaban J connectivity index is 0. The Morgan fingerprint density at radius 2 is 1.92 bits per heavy atom. The van der Waals surface area contributed by atoms with Gasteiger partial charge in [-0.25, -0.2) is 8.78 Å². The van der Waals surface area contributed by atoms with E-state index in [2.05, 4.69) is 0 Å². The Labute approximate surface area is 89.7 Å². The third kappa shape index (κ3) is 5.62. The van der Waals surface area contributed by atoms with Crippen molar-refractivity contribution in [2.45, 2.75) is 18.8 Å². The normalized spacial score (nSPS) is 20.5. The molecule has 0 bridgehead atoms. The monoisotopic (exact) mass is 236 g/mol. The van der Waals surface area contributed by atoms with Crippen LogP contribution in [0.1, 0.15) is 12.8 Å². The lowest BCUT2D eigenvalue weighted by atomic mass is 10.3. The van der Waals surface area contributed by atoms with Crippen LogP contribution in [0.5, 0.6) is 0 Å². The predicted molar refractivity (Wildman–Crippen MR) is 54.2 cm³/mol. The van der Waals surface area contributed by atoms with Gasteiger partial charge < -0.3 is 5.73 Å². The summed E-state index contributed by atoms with van der Waals surface area (Å²) in [5.41, 5.74) is 5.26. The summed E-state index contributed by atoms with van der Waals surface area (Å²) in [6.07, 6.45) is 0.827. The topological polar surface area (TPSA) is 29.3 Å². The number of nitrogens with zero attached hydrogens (tertiary/aromatic N) is 1. The molecule has 0 aromatic heterocycles. The van der Waals surface area contributed by atoms with Gasteiger partial charge in [0, 0.05) is 13.0 Å². The maximum atomic E-state index is 12.5. The van der Waals surface area contributed by atoms with Crippen molar-refractivity contribution in [1.82, 2.24) is 4.90 Å². The van der Waals surface area contributed by atoms with E-state index >= 15 is 0 Å². The average molecular weight is 237 g/mol. The van der Waals surface area contributed by atoms with Crippen LogP contribution in [0, 0.1) is 0 Å². The third-order valence-electron chi connectivity index (χ3n) is 1.93. The molecule has 1 saturated heterocycles. The van der Waals surface area contributed by atoms with Gasteiger partial charge in [-0.05, 0) is 19.5 Å². The second kappa shape index (κ2) is 6.76. The van der Waals surface area contributed by atoms with Crippen LogP contribution in [-0.2, 0) is 0 Å². The minimum Gasteiger partial charge on any atom is -0.330 e. The van der Waals surface area contributed by atoms with Gasteiger partial charge in [-0.15, -0.1) is 24.8 Å². The van der Waals surface area contributed by atoms with E-state index in [4.69, 9.17) is 5.73 Å². The van der Waals surface area contributed by atoms with Gasteiger partial charge in [-0.3, -0.25) is 4.90 Å². The molecule has 0 saturated carbocycles. The molecule has 6 heteroatoms. The number of hydrogen-bond acceptors (Lipinski definition) is 2. The zero-order valence-corrected chi connectivity index (χ0v) is 8.97. The second-order valence-electron chi connectivity index (χ2n) is 3.02. The second-order valence-corrected chi connectivity index (χ2v) is 3.02. The number of hydrogen-bond donors (Lipinski definition) is 1. The molecule has 1 heterocycles. The van der Waals surface area contributed by atoms with E-state index in [-0.39, 0.29) is 37.8 Å². The SMILES string of the molecule is Cl.Cl.NCCCN1CCC(F)(F)C1. The fourth-order valence-electron chi connectivity index (χ4n) is 1.31. The van der Waals surface area contributed by atoms with E-state index in [1.54, 1.807) is 4.90 Å². The molecule has 1 aliphatic rings. The number of likely N-dealkylation sites (tertiary alicyclic amines) is 1. The van der Waals surface area contributed by atoms with Gasteiger partial charge in [0.15, 0.2) is 0 Å². The predicted octanol–water partition coefficient (Wildman–Crippen LogP) is 1.52. The quantitative estimate of drug-likeness (QED) is 0.806. The maximum Gasteiger partial charge on any atom is 0.261 e. The Bertz CT molecular complexity index is 136. The molecule has 0 aromatic rings. The zero-order valence-electron chi connectivity index (χ0n) is 7.34. The van der Waals surface area contributed by atoms with Crippen LogP contribution in [0.25, 0.3) is 0 Å². The van der Waals surface area contributed by atoms with Gasteiger partial charge >= 0.3 is 0 Å². The van der Waals surface area contributed by atoms with Crippen LogP contribution < -0.4 is 5.73 Å². The summed E-state index contributed by atoms with van der Waals surface area (Å²) in [5, 5.41) is 0. The van der Waals surface area contributed by atoms with E-state index in [1.165, 1.54) is 0 Å². The molecule has 0 aromatic carbocycles. The fourth-order valence-corrected chi connectivity index (χ4v) is 1.31. The van der Waals surface area contributed by atoms with Crippen molar-refractivity contribution >= 4 is 24.8 Å². The van der Waals surface area contributed by atoms with Crippen LogP contribution in [0.2, 0.25) is 0 Å². The molecule has 0 amide bonds. The van der Waals surface area contributed by atoms with Gasteiger partial charge in [0.05, 0.1) is 6.54 Å². The van der Waals surface area contributed by atoms with Gasteiger partial charge in [-0.1, -0.05) is 0 Å². The van der Waals surface area contributed by atoms with Gasteiger partial charge in [0.2, 0.25) is 0 Å². The van der Waals surface area contributed by atoms with E-state index in [0.717, 1.165) is 6.42 Å². The zero-order chi connectivity index (χ0) is 8.32. The first kappa shape index (κ1) is 15.8. The summed E-state index contributed by atoms with van der Waals surface area (Å²) in [6.45, 7) is 1.74. The molecular weight excluding hydrogens is 221 g/mol. The van der Waals surface area contributed by atoms with Crippen molar-refractivity contribution < 1.29 is 8.78 Å². The van der Waals surface area contributed by atoms with Crippen LogP contribution in [0.15, 0.2) is 0 Å². The van der Waals surface area contributed by atoms with Crippen molar-refractivity contribution in [2.24, 2.45) is 5.73 Å². The summed E-state index contributed by atoms with van der Waals surface area (Å²) in [4.78, 5) is 1.77. The number of nitrogens with two attached hydrogens (primary N) is 1. The molecule has 2 nitrogen and oxygen atoms in total. The summed E-state index contributed by atoms with van der Waals surface area (Å²) in [7, 11) is 0. The Kier molecular flexibility index (Phi) is 8.23. The minimum atomic E-state index is -2.45. The lowest BCUT2D eigenvalue weighted by Crippen LogP contribution is -2.27. The Morgan fingerprint density at radius 1 is 1.31 bits per heavy atom. The fraction of sp³-hybridized carbons (Fsp3) is 1.00. The highest BCUT2D eigenvalue weighted by molar-refractivity contribution is 5.85. The molecule has 2 N–H and O–H groups in total. The van der Waals surface area contributed by atoms with Crippen molar-refractivity contribution in [1.29, 1.82) is 0 Å². The molecule has 0 spiro atoms. The standard InChI is InChI=1S/C7H14F2N2.2ClH/c8-7(9)2-5-11(6-7)4-1-3-10;;/h1-6,10H2;2*1H. The van der Waals surface area contributed by atoms with E-state index < -0.39 is 5.92 Å². The smallest absolute Gasteiger partial charge is 0.261 e. The van der Waals surface area contributed by atoms with Crippen molar-refractivity contribution in [3.8, 4) is 0 Å². The summed E-state index contributed by atoms with van der Waals surface area (Å²) < 4.78 is 25.1. The van der Waals surface area contributed by atoms with Crippen molar-refractivity contribution in [3.63, 3.8) is 0 Å². The highest BCUT2D eigenvalue weighted by Crippen LogP contribution is 2.26. The number of alkyl halides is 2. The molecule has 1 aliphatic heterocycles. The van der Waals surface area contributed by atoms with Crippen LogP contribution in [0.3, 0.4) is 0 Å². The summed E-state index contributed by atoms with van der Waals surface area (Å²) in [6, 6.07) is 0. The molecule has 1 rings (SSSR count). The van der Waals surface area contributed by atoms with E-state index in [0.29, 0.717) is 19.6 Å². The first-order valence-electron chi connectivity index (χ1n) is 3.94. The molecule has 0 radical (unpaired) electrons. The van der Waals surface area contributed by atoms with E-state index in [1.807, 2.05) is 0 Å². The Morgan fingerprint density at radius 3 is 2.31 bits per heavy atom. The van der Waals surface area contributed by atoms with Crippen LogP contribution in [-0.4, -0.2) is 37.0 Å². The Hall–Kier alpha value is 0.360. The van der Waals surface area contributed by atoms with Gasteiger partial charge in [0.1, 0.15) is 0 Å². The average Bonchev–Trinajstić information content (AvgIpc) is 2.26. The number of rotatable bonds is 3. The summed E-state index contributed by atoms with van der Waals surface area (Å²) >= 11 is 0. The van der Waals surface area contributed by atoms with Crippen LogP contribution >= 0.6 is 24.8 Å². The lowest BCUT2D eigenvalue weighted by Gasteiger charge is -2.13. The molecule has 1 fully saturated rings. The summed E-state index contributed by atoms with van der Waals surface area (Å²) in [5.74, 6) is -2.45. The van der Waals surface area contributed by atoms with Gasteiger partial charge in [0.25, 0.3) is 5.92 Å². The molecule has 82 valence electrons. The molecule has 0 atom stereocenters.